The molecule has 1 fully saturated rings. The van der Waals surface area contributed by atoms with Crippen molar-refractivity contribution >= 4 is 17.7 Å². The van der Waals surface area contributed by atoms with Gasteiger partial charge in [-0.1, -0.05) is 20.8 Å². The average molecular weight is 287 g/mol. The molecule has 0 radical (unpaired) electrons. The molecule has 0 heterocycles. The molecule has 4 heteroatoms. The number of thioether (sulfide) groups is 1. The molecule has 0 aliphatic heterocycles. The minimum atomic E-state index is -0.419. The Morgan fingerprint density at radius 2 is 2.21 bits per heavy atom. The molecule has 1 saturated carbocycles. The maximum atomic E-state index is 12.3. The van der Waals surface area contributed by atoms with E-state index < -0.39 is 5.54 Å². The Kier molecular flexibility index (Phi) is 7.22. The Balaban J connectivity index is 2.64. The second-order valence-electron chi connectivity index (χ2n) is 5.45. The predicted molar refractivity (Wildman–Crippen MR) is 82.6 cm³/mol. The van der Waals surface area contributed by atoms with Gasteiger partial charge in [-0.2, -0.15) is 11.8 Å². The summed E-state index contributed by atoms with van der Waals surface area (Å²) in [6, 6.07) is 0. The Morgan fingerprint density at radius 1 is 1.47 bits per heavy atom. The quantitative estimate of drug-likeness (QED) is 0.695. The van der Waals surface area contributed by atoms with Gasteiger partial charge in [0, 0.05) is 10.5 Å². The summed E-state index contributed by atoms with van der Waals surface area (Å²) >= 11 is 2.03. The van der Waals surface area contributed by atoms with E-state index in [2.05, 4.69) is 26.1 Å². The number of carbonyl (C=O) groups is 1. The van der Waals surface area contributed by atoms with Crippen LogP contribution in [0.4, 0.5) is 0 Å². The molecule has 0 aromatic carbocycles. The summed E-state index contributed by atoms with van der Waals surface area (Å²) < 4.78 is 5.30. The van der Waals surface area contributed by atoms with E-state index in [1.54, 1.807) is 0 Å². The lowest BCUT2D eigenvalue weighted by Gasteiger charge is -2.28. The number of rotatable bonds is 8. The van der Waals surface area contributed by atoms with Crippen LogP contribution in [0.25, 0.3) is 0 Å². The largest absolute Gasteiger partial charge is 0.465 e. The highest BCUT2D eigenvalue weighted by molar-refractivity contribution is 8.00. The van der Waals surface area contributed by atoms with Gasteiger partial charge < -0.3 is 10.1 Å². The molecule has 112 valence electrons. The maximum absolute atomic E-state index is 12.3. The number of esters is 1. The monoisotopic (exact) mass is 287 g/mol. The summed E-state index contributed by atoms with van der Waals surface area (Å²) in [6.45, 7) is 9.87. The van der Waals surface area contributed by atoms with Crippen molar-refractivity contribution in [1.29, 1.82) is 0 Å². The zero-order valence-corrected chi connectivity index (χ0v) is 13.6. The third kappa shape index (κ3) is 4.67. The van der Waals surface area contributed by atoms with Crippen molar-refractivity contribution in [1.82, 2.24) is 5.32 Å². The zero-order chi connectivity index (χ0) is 14.3. The van der Waals surface area contributed by atoms with Crippen molar-refractivity contribution in [3.63, 3.8) is 0 Å². The molecular formula is C15H29NO2S. The molecule has 19 heavy (non-hydrogen) atoms. The van der Waals surface area contributed by atoms with E-state index in [0.29, 0.717) is 17.1 Å². The van der Waals surface area contributed by atoms with Crippen molar-refractivity contribution in [2.24, 2.45) is 0 Å². The SMILES string of the molecule is CCCNC1(C(=O)OCC)CCC(SC(C)CC)C1. The average Bonchev–Trinajstić information content (AvgIpc) is 2.81. The molecule has 1 rings (SSSR count). The Hall–Kier alpha value is -0.220. The van der Waals surface area contributed by atoms with E-state index >= 15 is 0 Å². The third-order valence-electron chi connectivity index (χ3n) is 3.85. The van der Waals surface area contributed by atoms with Crippen molar-refractivity contribution in [3.8, 4) is 0 Å². The second kappa shape index (κ2) is 8.15. The standard InChI is InChI=1S/C15H29NO2S/c1-5-10-16-15(14(17)18-7-3)9-8-13(11-15)19-12(4)6-2/h12-13,16H,5-11H2,1-4H3. The molecule has 0 saturated heterocycles. The van der Waals surface area contributed by atoms with Crippen LogP contribution >= 0.6 is 11.8 Å². The van der Waals surface area contributed by atoms with Crippen molar-refractivity contribution < 1.29 is 9.53 Å². The lowest BCUT2D eigenvalue weighted by Crippen LogP contribution is -2.51. The Morgan fingerprint density at radius 3 is 2.79 bits per heavy atom. The van der Waals surface area contributed by atoms with E-state index in [-0.39, 0.29) is 5.97 Å². The highest BCUT2D eigenvalue weighted by atomic mass is 32.2. The molecule has 3 nitrogen and oxygen atoms in total. The molecule has 1 aliphatic rings. The smallest absolute Gasteiger partial charge is 0.326 e. The first-order valence-electron chi connectivity index (χ1n) is 7.65. The van der Waals surface area contributed by atoms with E-state index in [1.165, 1.54) is 6.42 Å². The second-order valence-corrected chi connectivity index (χ2v) is 7.19. The first kappa shape index (κ1) is 16.8. The lowest BCUT2D eigenvalue weighted by atomic mass is 9.97. The number of hydrogen-bond acceptors (Lipinski definition) is 4. The van der Waals surface area contributed by atoms with Crippen molar-refractivity contribution in [3.05, 3.63) is 0 Å². The topological polar surface area (TPSA) is 38.3 Å². The van der Waals surface area contributed by atoms with Crippen LogP contribution < -0.4 is 5.32 Å². The van der Waals surface area contributed by atoms with Gasteiger partial charge in [0.1, 0.15) is 5.54 Å². The molecule has 0 bridgehead atoms. The van der Waals surface area contributed by atoms with Crippen LogP contribution in [0.2, 0.25) is 0 Å². The van der Waals surface area contributed by atoms with Crippen LogP contribution in [0.3, 0.4) is 0 Å². The number of nitrogens with one attached hydrogen (secondary N) is 1. The highest BCUT2D eigenvalue weighted by Gasteiger charge is 2.46. The van der Waals surface area contributed by atoms with E-state index in [0.717, 1.165) is 32.2 Å². The molecule has 0 spiro atoms. The van der Waals surface area contributed by atoms with Gasteiger partial charge in [-0.05, 0) is 45.6 Å². The molecular weight excluding hydrogens is 258 g/mol. The number of hydrogen-bond donors (Lipinski definition) is 1. The summed E-state index contributed by atoms with van der Waals surface area (Å²) in [5.41, 5.74) is -0.419. The molecule has 1 aliphatic carbocycles. The number of carbonyl (C=O) groups excluding carboxylic acids is 1. The molecule has 3 atom stereocenters. The summed E-state index contributed by atoms with van der Waals surface area (Å²) in [7, 11) is 0. The molecule has 3 unspecified atom stereocenters. The highest BCUT2D eigenvalue weighted by Crippen LogP contribution is 2.40. The van der Waals surface area contributed by atoms with Gasteiger partial charge in [-0.3, -0.25) is 4.79 Å². The van der Waals surface area contributed by atoms with Crippen LogP contribution in [-0.2, 0) is 9.53 Å². The Labute approximate surface area is 122 Å². The van der Waals surface area contributed by atoms with Gasteiger partial charge in [0.05, 0.1) is 6.61 Å². The molecule has 1 N–H and O–H groups in total. The summed E-state index contributed by atoms with van der Waals surface area (Å²) in [4.78, 5) is 12.3. The van der Waals surface area contributed by atoms with Gasteiger partial charge in [0.15, 0.2) is 0 Å². The molecule has 0 aromatic heterocycles. The molecule has 0 aromatic rings. The van der Waals surface area contributed by atoms with Crippen molar-refractivity contribution in [2.45, 2.75) is 75.8 Å². The Bertz CT molecular complexity index is 285. The van der Waals surface area contributed by atoms with E-state index in [1.807, 2.05) is 18.7 Å². The zero-order valence-electron chi connectivity index (χ0n) is 12.8. The minimum absolute atomic E-state index is 0.0456. The van der Waals surface area contributed by atoms with Crippen LogP contribution in [0.15, 0.2) is 0 Å². The van der Waals surface area contributed by atoms with Gasteiger partial charge >= 0.3 is 5.97 Å². The maximum Gasteiger partial charge on any atom is 0.326 e. The molecule has 0 amide bonds. The summed E-state index contributed by atoms with van der Waals surface area (Å²) in [5.74, 6) is -0.0456. The van der Waals surface area contributed by atoms with Crippen LogP contribution in [-0.4, -0.2) is 35.2 Å². The fourth-order valence-electron chi connectivity index (χ4n) is 2.59. The lowest BCUT2D eigenvalue weighted by molar-refractivity contribution is -0.151. The van der Waals surface area contributed by atoms with Crippen molar-refractivity contribution in [2.75, 3.05) is 13.2 Å². The van der Waals surface area contributed by atoms with Crippen LogP contribution in [0.1, 0.15) is 59.8 Å². The van der Waals surface area contributed by atoms with Crippen LogP contribution in [0.5, 0.6) is 0 Å². The minimum Gasteiger partial charge on any atom is -0.465 e. The van der Waals surface area contributed by atoms with E-state index in [4.69, 9.17) is 4.74 Å². The third-order valence-corrected chi connectivity index (χ3v) is 5.43. The van der Waals surface area contributed by atoms with E-state index in [9.17, 15) is 4.79 Å². The van der Waals surface area contributed by atoms with Crippen LogP contribution in [0, 0.1) is 0 Å². The van der Waals surface area contributed by atoms with Gasteiger partial charge in [0.2, 0.25) is 0 Å². The summed E-state index contributed by atoms with van der Waals surface area (Å²) in [6.07, 6.45) is 5.19. The van der Waals surface area contributed by atoms with Gasteiger partial charge in [0.25, 0.3) is 0 Å². The first-order valence-corrected chi connectivity index (χ1v) is 8.60. The first-order chi connectivity index (χ1) is 9.07. The summed E-state index contributed by atoms with van der Waals surface area (Å²) in [5, 5.41) is 4.72. The normalized spacial score (nSPS) is 28.3. The van der Waals surface area contributed by atoms with Gasteiger partial charge in [-0.25, -0.2) is 0 Å². The fourth-order valence-corrected chi connectivity index (χ4v) is 4.08. The number of ether oxygens (including phenoxy) is 1. The van der Waals surface area contributed by atoms with Gasteiger partial charge in [-0.15, -0.1) is 0 Å². The predicted octanol–water partition coefficient (Wildman–Crippen LogP) is 3.37. The fraction of sp³-hybridized carbons (Fsp3) is 0.933.